The Bertz CT molecular complexity index is 329. The molecule has 0 atom stereocenters. The summed E-state index contributed by atoms with van der Waals surface area (Å²) in [5.74, 6) is -4.00. The zero-order valence-corrected chi connectivity index (χ0v) is 6.77. The molecular formula is C8H7F2NO2. The third kappa shape index (κ3) is 1.74. The van der Waals surface area contributed by atoms with Gasteiger partial charge >= 0.3 is 0 Å². The molecule has 1 amide bonds. The molecule has 0 aromatic heterocycles. The van der Waals surface area contributed by atoms with E-state index < -0.39 is 23.3 Å². The van der Waals surface area contributed by atoms with E-state index in [1.165, 1.54) is 7.05 Å². The lowest BCUT2D eigenvalue weighted by molar-refractivity contribution is 0.0962. The second-order valence-electron chi connectivity index (χ2n) is 2.37. The van der Waals surface area contributed by atoms with Gasteiger partial charge in [0.15, 0.2) is 17.4 Å². The van der Waals surface area contributed by atoms with Crippen molar-refractivity contribution in [3.8, 4) is 5.75 Å². The lowest BCUT2D eigenvalue weighted by Gasteiger charge is -2.01. The summed E-state index contributed by atoms with van der Waals surface area (Å²) in [5.41, 5.74) is -0.171. The van der Waals surface area contributed by atoms with Crippen molar-refractivity contribution < 1.29 is 18.7 Å². The number of halogens is 2. The minimum absolute atomic E-state index is 0.171. The van der Waals surface area contributed by atoms with Crippen molar-refractivity contribution >= 4 is 5.91 Å². The number of phenolic OH excluding ortho intramolecular Hbond substituents is 1. The minimum atomic E-state index is -1.15. The number of amides is 1. The number of benzene rings is 1. The van der Waals surface area contributed by atoms with Gasteiger partial charge in [-0.1, -0.05) is 0 Å². The molecule has 0 fully saturated rings. The summed E-state index contributed by atoms with van der Waals surface area (Å²) in [5, 5.41) is 10.9. The first-order valence-electron chi connectivity index (χ1n) is 3.46. The van der Waals surface area contributed by atoms with Crippen molar-refractivity contribution in [2.75, 3.05) is 7.05 Å². The van der Waals surface area contributed by atoms with Gasteiger partial charge in [-0.15, -0.1) is 0 Å². The second-order valence-corrected chi connectivity index (χ2v) is 2.37. The van der Waals surface area contributed by atoms with Gasteiger partial charge in [0.25, 0.3) is 5.91 Å². The number of phenols is 1. The number of nitrogens with one attached hydrogen (secondary N) is 1. The average molecular weight is 187 g/mol. The highest BCUT2D eigenvalue weighted by atomic mass is 19.1. The molecule has 0 aliphatic carbocycles. The maximum Gasteiger partial charge on any atom is 0.251 e. The van der Waals surface area contributed by atoms with Crippen molar-refractivity contribution in [2.45, 2.75) is 0 Å². The highest BCUT2D eigenvalue weighted by Gasteiger charge is 2.12. The van der Waals surface area contributed by atoms with Crippen LogP contribution >= 0.6 is 0 Å². The van der Waals surface area contributed by atoms with Gasteiger partial charge < -0.3 is 10.4 Å². The molecule has 0 aliphatic heterocycles. The number of hydrogen-bond acceptors (Lipinski definition) is 2. The quantitative estimate of drug-likeness (QED) is 0.689. The first-order valence-corrected chi connectivity index (χ1v) is 3.46. The Morgan fingerprint density at radius 3 is 2.23 bits per heavy atom. The van der Waals surface area contributed by atoms with Crippen LogP contribution in [0.15, 0.2) is 12.1 Å². The Labute approximate surface area is 73.0 Å². The van der Waals surface area contributed by atoms with Crippen LogP contribution in [0, 0.1) is 11.6 Å². The van der Waals surface area contributed by atoms with Gasteiger partial charge in [0.1, 0.15) is 0 Å². The molecule has 0 saturated heterocycles. The molecule has 0 heterocycles. The first kappa shape index (κ1) is 9.44. The average Bonchev–Trinajstić information content (AvgIpc) is 2.12. The van der Waals surface area contributed by atoms with Gasteiger partial charge in [0.05, 0.1) is 0 Å². The van der Waals surface area contributed by atoms with E-state index in [-0.39, 0.29) is 5.56 Å². The molecule has 1 rings (SSSR count). The predicted molar refractivity (Wildman–Crippen MR) is 41.4 cm³/mol. The Morgan fingerprint density at radius 2 is 1.85 bits per heavy atom. The fraction of sp³-hybridized carbons (Fsp3) is 0.125. The largest absolute Gasteiger partial charge is 0.503 e. The van der Waals surface area contributed by atoms with Crippen LogP contribution < -0.4 is 5.32 Å². The Morgan fingerprint density at radius 1 is 1.38 bits per heavy atom. The molecule has 0 bridgehead atoms. The van der Waals surface area contributed by atoms with E-state index in [0.29, 0.717) is 0 Å². The lowest BCUT2D eigenvalue weighted by Crippen LogP contribution is -2.18. The summed E-state index contributed by atoms with van der Waals surface area (Å²) in [6.07, 6.45) is 0. The van der Waals surface area contributed by atoms with Gasteiger partial charge in [0.2, 0.25) is 0 Å². The van der Waals surface area contributed by atoms with Crippen LogP contribution in [0.1, 0.15) is 10.4 Å². The van der Waals surface area contributed by atoms with Crippen molar-refractivity contribution in [1.29, 1.82) is 0 Å². The van der Waals surface area contributed by atoms with Crippen molar-refractivity contribution in [3.63, 3.8) is 0 Å². The van der Waals surface area contributed by atoms with E-state index in [1.807, 2.05) is 0 Å². The molecule has 13 heavy (non-hydrogen) atoms. The van der Waals surface area contributed by atoms with Gasteiger partial charge in [-0.25, -0.2) is 8.78 Å². The van der Waals surface area contributed by atoms with Crippen molar-refractivity contribution in [2.24, 2.45) is 0 Å². The van der Waals surface area contributed by atoms with Crippen LogP contribution in [-0.4, -0.2) is 18.1 Å². The normalized spacial score (nSPS) is 9.77. The minimum Gasteiger partial charge on any atom is -0.503 e. The molecule has 0 spiro atoms. The lowest BCUT2D eigenvalue weighted by atomic mass is 10.2. The van der Waals surface area contributed by atoms with Gasteiger partial charge in [-0.2, -0.15) is 0 Å². The summed E-state index contributed by atoms with van der Waals surface area (Å²) >= 11 is 0. The SMILES string of the molecule is CNC(=O)c1cc(F)c(O)c(F)c1. The summed E-state index contributed by atoms with van der Waals surface area (Å²) in [6, 6.07) is 1.52. The maximum absolute atomic E-state index is 12.7. The smallest absolute Gasteiger partial charge is 0.251 e. The zero-order valence-electron chi connectivity index (χ0n) is 6.77. The fourth-order valence-corrected chi connectivity index (χ4v) is 0.841. The van der Waals surface area contributed by atoms with E-state index in [4.69, 9.17) is 5.11 Å². The topological polar surface area (TPSA) is 49.3 Å². The van der Waals surface area contributed by atoms with E-state index in [2.05, 4.69) is 5.32 Å². The van der Waals surface area contributed by atoms with E-state index in [9.17, 15) is 13.6 Å². The number of aromatic hydroxyl groups is 1. The van der Waals surface area contributed by atoms with Gasteiger partial charge in [-0.3, -0.25) is 4.79 Å². The monoisotopic (exact) mass is 187 g/mol. The van der Waals surface area contributed by atoms with Crippen LogP contribution in [0.25, 0.3) is 0 Å². The molecule has 70 valence electrons. The highest BCUT2D eigenvalue weighted by molar-refractivity contribution is 5.94. The Balaban J connectivity index is 3.20. The molecule has 3 nitrogen and oxygen atoms in total. The predicted octanol–water partition coefficient (Wildman–Crippen LogP) is 1.03. The van der Waals surface area contributed by atoms with Crippen LogP contribution in [0.2, 0.25) is 0 Å². The summed E-state index contributed by atoms with van der Waals surface area (Å²) in [6.45, 7) is 0. The molecule has 2 N–H and O–H groups in total. The molecule has 1 aromatic carbocycles. The third-order valence-corrected chi connectivity index (χ3v) is 1.51. The number of carbonyl (C=O) groups is 1. The first-order chi connectivity index (χ1) is 6.06. The molecule has 0 aliphatic rings. The Hall–Kier alpha value is -1.65. The standard InChI is InChI=1S/C8H7F2NO2/c1-11-8(13)4-2-5(9)7(12)6(10)3-4/h2-3,12H,1H3,(H,11,13). The van der Waals surface area contributed by atoms with E-state index in [1.54, 1.807) is 0 Å². The van der Waals surface area contributed by atoms with Crippen molar-refractivity contribution in [3.05, 3.63) is 29.3 Å². The van der Waals surface area contributed by atoms with Crippen LogP contribution in [0.5, 0.6) is 5.75 Å². The molecule has 1 aromatic rings. The van der Waals surface area contributed by atoms with Crippen molar-refractivity contribution in [1.82, 2.24) is 5.32 Å². The maximum atomic E-state index is 12.7. The van der Waals surface area contributed by atoms with Gasteiger partial charge in [0, 0.05) is 12.6 Å². The number of carbonyl (C=O) groups excluding carboxylic acids is 1. The fourth-order valence-electron chi connectivity index (χ4n) is 0.841. The zero-order chi connectivity index (χ0) is 10.0. The molecule has 5 heteroatoms. The highest BCUT2D eigenvalue weighted by Crippen LogP contribution is 2.21. The summed E-state index contributed by atoms with van der Waals surface area (Å²) < 4.78 is 25.3. The molecular weight excluding hydrogens is 180 g/mol. The van der Waals surface area contributed by atoms with E-state index in [0.717, 1.165) is 12.1 Å². The number of hydrogen-bond donors (Lipinski definition) is 2. The molecule has 0 saturated carbocycles. The number of rotatable bonds is 1. The van der Waals surface area contributed by atoms with Crippen LogP contribution in [0.4, 0.5) is 8.78 Å². The summed E-state index contributed by atoms with van der Waals surface area (Å²) in [7, 11) is 1.34. The molecule has 0 unspecified atom stereocenters. The van der Waals surface area contributed by atoms with E-state index >= 15 is 0 Å². The van der Waals surface area contributed by atoms with Crippen LogP contribution in [0.3, 0.4) is 0 Å². The molecule has 0 radical (unpaired) electrons. The second kappa shape index (κ2) is 3.38. The third-order valence-electron chi connectivity index (χ3n) is 1.51. The Kier molecular flexibility index (Phi) is 2.46. The van der Waals surface area contributed by atoms with Gasteiger partial charge in [-0.05, 0) is 12.1 Å². The summed E-state index contributed by atoms with van der Waals surface area (Å²) in [4.78, 5) is 10.9. The van der Waals surface area contributed by atoms with Crippen LogP contribution in [-0.2, 0) is 0 Å².